The number of carbonyl (C=O) groups is 1. The van der Waals surface area contributed by atoms with E-state index in [4.69, 9.17) is 11.6 Å². The van der Waals surface area contributed by atoms with Crippen LogP contribution in [0.1, 0.15) is 6.42 Å². The van der Waals surface area contributed by atoms with Crippen LogP contribution in [0.3, 0.4) is 0 Å². The van der Waals surface area contributed by atoms with Gasteiger partial charge in [0.1, 0.15) is 0 Å². The van der Waals surface area contributed by atoms with Crippen molar-refractivity contribution in [3.63, 3.8) is 0 Å². The van der Waals surface area contributed by atoms with Gasteiger partial charge in [-0.15, -0.1) is 0 Å². The molecule has 2 heterocycles. The van der Waals surface area contributed by atoms with Crippen molar-refractivity contribution < 1.29 is 13.2 Å². The summed E-state index contributed by atoms with van der Waals surface area (Å²) in [6, 6.07) is 5.24. The average Bonchev–Trinajstić information content (AvgIpc) is 2.99. The normalized spacial score (nSPS) is 19.9. The SMILES string of the molecule is CN(CC(=O)Nc1nc2cc(Cl)ccc2n1C)C1CCS(=O)(=O)C1. The lowest BCUT2D eigenvalue weighted by Crippen LogP contribution is -2.39. The summed E-state index contributed by atoms with van der Waals surface area (Å²) in [5.41, 5.74) is 1.57. The highest BCUT2D eigenvalue weighted by atomic mass is 35.5. The van der Waals surface area contributed by atoms with Crippen molar-refractivity contribution in [1.82, 2.24) is 14.5 Å². The highest BCUT2D eigenvalue weighted by molar-refractivity contribution is 7.91. The highest BCUT2D eigenvalue weighted by Crippen LogP contribution is 2.22. The van der Waals surface area contributed by atoms with Gasteiger partial charge < -0.3 is 4.57 Å². The Morgan fingerprint density at radius 3 is 2.92 bits per heavy atom. The van der Waals surface area contributed by atoms with E-state index in [9.17, 15) is 13.2 Å². The number of nitrogens with zero attached hydrogens (tertiary/aromatic N) is 3. The van der Waals surface area contributed by atoms with E-state index < -0.39 is 9.84 Å². The molecule has 1 aromatic heterocycles. The fourth-order valence-corrected chi connectivity index (χ4v) is 4.90. The van der Waals surface area contributed by atoms with Crippen LogP contribution in [0.2, 0.25) is 5.02 Å². The number of fused-ring (bicyclic) bond motifs is 1. The zero-order valence-corrected chi connectivity index (χ0v) is 15.1. The Balaban J connectivity index is 1.68. The first kappa shape index (κ1) is 17.2. The first-order valence-electron chi connectivity index (χ1n) is 7.58. The summed E-state index contributed by atoms with van der Waals surface area (Å²) in [6.45, 7) is 0.115. The molecule has 1 aliphatic rings. The lowest BCUT2D eigenvalue weighted by molar-refractivity contribution is -0.117. The number of aromatic nitrogens is 2. The Hall–Kier alpha value is -1.64. The van der Waals surface area contributed by atoms with Crippen molar-refractivity contribution >= 4 is 44.3 Å². The molecule has 3 rings (SSSR count). The molecule has 130 valence electrons. The fraction of sp³-hybridized carbons (Fsp3) is 0.467. The molecule has 1 fully saturated rings. The van der Waals surface area contributed by atoms with E-state index in [0.717, 1.165) is 5.52 Å². The molecule has 0 saturated carbocycles. The molecule has 7 nitrogen and oxygen atoms in total. The minimum Gasteiger partial charge on any atom is -0.313 e. The van der Waals surface area contributed by atoms with Crippen LogP contribution in [-0.2, 0) is 21.7 Å². The van der Waals surface area contributed by atoms with Gasteiger partial charge in [-0.05, 0) is 31.7 Å². The van der Waals surface area contributed by atoms with Crippen LogP contribution in [0, 0.1) is 0 Å². The van der Waals surface area contributed by atoms with Crippen molar-refractivity contribution in [1.29, 1.82) is 0 Å². The van der Waals surface area contributed by atoms with E-state index in [0.29, 0.717) is 22.9 Å². The number of imidazole rings is 1. The summed E-state index contributed by atoms with van der Waals surface area (Å²) in [5, 5.41) is 3.36. The molecule has 0 spiro atoms. The number of hydrogen-bond donors (Lipinski definition) is 1. The lowest BCUT2D eigenvalue weighted by atomic mass is 10.2. The van der Waals surface area contributed by atoms with E-state index in [1.54, 1.807) is 28.6 Å². The van der Waals surface area contributed by atoms with Gasteiger partial charge in [0.05, 0.1) is 29.1 Å². The van der Waals surface area contributed by atoms with Crippen molar-refractivity contribution in [2.45, 2.75) is 12.5 Å². The van der Waals surface area contributed by atoms with Crippen molar-refractivity contribution in [3.8, 4) is 0 Å². The first-order valence-corrected chi connectivity index (χ1v) is 9.77. The van der Waals surface area contributed by atoms with Crippen LogP contribution < -0.4 is 5.32 Å². The molecule has 1 aliphatic heterocycles. The zero-order valence-electron chi connectivity index (χ0n) is 13.5. The molecule has 24 heavy (non-hydrogen) atoms. The predicted octanol–water partition coefficient (Wildman–Crippen LogP) is 1.28. The number of benzene rings is 1. The highest BCUT2D eigenvalue weighted by Gasteiger charge is 2.31. The number of likely N-dealkylation sites (N-methyl/N-ethyl adjacent to an activating group) is 1. The van der Waals surface area contributed by atoms with E-state index in [-0.39, 0.29) is 30.0 Å². The standard InChI is InChI=1S/C15H19ClN4O3S/c1-19(11-5-6-24(22,23)9-11)8-14(21)18-15-17-12-7-10(16)3-4-13(12)20(15)2/h3-4,7,11H,5-6,8-9H2,1-2H3,(H,17,18,21). The number of rotatable bonds is 4. The molecule has 1 N–H and O–H groups in total. The number of hydrogen-bond acceptors (Lipinski definition) is 5. The molecule has 0 aliphatic carbocycles. The Labute approximate surface area is 145 Å². The summed E-state index contributed by atoms with van der Waals surface area (Å²) < 4.78 is 24.9. The van der Waals surface area contributed by atoms with Gasteiger partial charge in [-0.3, -0.25) is 15.0 Å². The van der Waals surface area contributed by atoms with Gasteiger partial charge in [0.25, 0.3) is 0 Å². The third-order valence-corrected chi connectivity index (χ3v) is 6.30. The van der Waals surface area contributed by atoms with Gasteiger partial charge >= 0.3 is 0 Å². The van der Waals surface area contributed by atoms with Crippen LogP contribution >= 0.6 is 11.6 Å². The number of halogens is 1. The Morgan fingerprint density at radius 1 is 1.50 bits per heavy atom. The third-order valence-electron chi connectivity index (χ3n) is 4.32. The zero-order chi connectivity index (χ0) is 17.5. The second kappa shape index (κ2) is 6.34. The molecular formula is C15H19ClN4O3S. The molecule has 0 bridgehead atoms. The fourth-order valence-electron chi connectivity index (χ4n) is 2.93. The van der Waals surface area contributed by atoms with E-state index in [1.165, 1.54) is 0 Å². The first-order chi connectivity index (χ1) is 11.2. The quantitative estimate of drug-likeness (QED) is 0.876. The maximum Gasteiger partial charge on any atom is 0.240 e. The van der Waals surface area contributed by atoms with Gasteiger partial charge in [-0.2, -0.15) is 0 Å². The Bertz CT molecular complexity index is 894. The number of aryl methyl sites for hydroxylation is 1. The second-order valence-electron chi connectivity index (χ2n) is 6.15. The molecule has 2 aromatic rings. The summed E-state index contributed by atoms with van der Waals surface area (Å²) in [7, 11) is 0.610. The number of sulfone groups is 1. The van der Waals surface area contributed by atoms with Crippen molar-refractivity contribution in [2.24, 2.45) is 7.05 Å². The molecule has 1 aromatic carbocycles. The molecular weight excluding hydrogens is 352 g/mol. The largest absolute Gasteiger partial charge is 0.313 e. The molecule has 1 amide bonds. The van der Waals surface area contributed by atoms with Gasteiger partial charge in [-0.25, -0.2) is 13.4 Å². The van der Waals surface area contributed by atoms with Crippen molar-refractivity contribution in [3.05, 3.63) is 23.2 Å². The van der Waals surface area contributed by atoms with E-state index in [1.807, 2.05) is 13.1 Å². The number of amides is 1. The van der Waals surface area contributed by atoms with Crippen LogP contribution in [0.15, 0.2) is 18.2 Å². The minimum absolute atomic E-state index is 0.111. The van der Waals surface area contributed by atoms with E-state index >= 15 is 0 Å². The van der Waals surface area contributed by atoms with Crippen LogP contribution in [0.4, 0.5) is 5.95 Å². The van der Waals surface area contributed by atoms with Gasteiger partial charge in [0.15, 0.2) is 9.84 Å². The number of anilines is 1. The topological polar surface area (TPSA) is 84.3 Å². The molecule has 0 radical (unpaired) electrons. The maximum atomic E-state index is 12.3. The predicted molar refractivity (Wildman–Crippen MR) is 94.0 cm³/mol. The molecule has 1 atom stereocenters. The van der Waals surface area contributed by atoms with Crippen LogP contribution in [-0.4, -0.2) is 59.9 Å². The average molecular weight is 371 g/mol. The molecule has 1 unspecified atom stereocenters. The van der Waals surface area contributed by atoms with Crippen LogP contribution in [0.25, 0.3) is 11.0 Å². The van der Waals surface area contributed by atoms with Gasteiger partial charge in [0, 0.05) is 18.1 Å². The third kappa shape index (κ3) is 3.55. The van der Waals surface area contributed by atoms with Gasteiger partial charge in [0.2, 0.25) is 11.9 Å². The summed E-state index contributed by atoms with van der Waals surface area (Å²) in [4.78, 5) is 18.4. The molecule has 1 saturated heterocycles. The summed E-state index contributed by atoms with van der Waals surface area (Å²) in [5.74, 6) is 0.507. The summed E-state index contributed by atoms with van der Waals surface area (Å²) in [6.07, 6.45) is 0.566. The van der Waals surface area contributed by atoms with E-state index in [2.05, 4.69) is 10.3 Å². The Morgan fingerprint density at radius 2 is 2.25 bits per heavy atom. The summed E-state index contributed by atoms with van der Waals surface area (Å²) >= 11 is 5.96. The lowest BCUT2D eigenvalue weighted by Gasteiger charge is -2.22. The Kier molecular flexibility index (Phi) is 4.54. The minimum atomic E-state index is -2.97. The second-order valence-corrected chi connectivity index (χ2v) is 8.81. The number of carbonyl (C=O) groups excluding carboxylic acids is 1. The number of nitrogens with one attached hydrogen (secondary N) is 1. The maximum absolute atomic E-state index is 12.3. The monoisotopic (exact) mass is 370 g/mol. The van der Waals surface area contributed by atoms with Crippen LogP contribution in [0.5, 0.6) is 0 Å². The molecule has 9 heteroatoms. The van der Waals surface area contributed by atoms with Crippen molar-refractivity contribution in [2.75, 3.05) is 30.4 Å². The van der Waals surface area contributed by atoms with Gasteiger partial charge in [-0.1, -0.05) is 11.6 Å². The smallest absolute Gasteiger partial charge is 0.240 e.